The number of rotatable bonds is 3. The van der Waals surface area contributed by atoms with E-state index in [9.17, 15) is 0 Å². The average Bonchev–Trinajstić information content (AvgIpc) is 2.72. The number of anilines is 2. The normalized spacial score (nSPS) is 10.4. The summed E-state index contributed by atoms with van der Waals surface area (Å²) >= 11 is 1.35. The number of nitrogens with one attached hydrogen (secondary N) is 1. The van der Waals surface area contributed by atoms with Gasteiger partial charge in [0.25, 0.3) is 0 Å². The predicted octanol–water partition coefficient (Wildman–Crippen LogP) is 1.07. The second kappa shape index (κ2) is 3.67. The van der Waals surface area contributed by atoms with Crippen molar-refractivity contribution in [2.24, 2.45) is 7.05 Å². The first-order valence-electron chi connectivity index (χ1n) is 4.18. The van der Waals surface area contributed by atoms with Crippen LogP contribution in [-0.2, 0) is 13.6 Å². The van der Waals surface area contributed by atoms with E-state index in [1.165, 1.54) is 11.5 Å². The molecule has 2 aromatic heterocycles. The minimum atomic E-state index is 0.553. The van der Waals surface area contributed by atoms with Gasteiger partial charge in [-0.1, -0.05) is 0 Å². The molecule has 5 nitrogen and oxygen atoms in total. The van der Waals surface area contributed by atoms with Crippen LogP contribution < -0.4 is 11.1 Å². The van der Waals surface area contributed by atoms with Crippen LogP contribution >= 0.6 is 11.5 Å². The molecule has 0 aliphatic carbocycles. The van der Waals surface area contributed by atoms with Crippen LogP contribution in [0.15, 0.2) is 18.5 Å². The molecule has 0 aliphatic heterocycles. The second-order valence-corrected chi connectivity index (χ2v) is 3.73. The summed E-state index contributed by atoms with van der Waals surface area (Å²) in [6.07, 6.45) is 3.69. The molecular weight excluding hydrogens is 198 g/mol. The SMILES string of the molecule is Cn1ccnc1CNc1cc(N)ns1. The molecule has 0 saturated heterocycles. The van der Waals surface area contributed by atoms with Gasteiger partial charge < -0.3 is 15.6 Å². The van der Waals surface area contributed by atoms with Gasteiger partial charge in [0.15, 0.2) is 0 Å². The number of imidazole rings is 1. The molecule has 0 fully saturated rings. The zero-order valence-corrected chi connectivity index (χ0v) is 8.58. The summed E-state index contributed by atoms with van der Waals surface area (Å²) in [6, 6.07) is 1.81. The quantitative estimate of drug-likeness (QED) is 0.793. The van der Waals surface area contributed by atoms with Gasteiger partial charge in [0.05, 0.1) is 6.54 Å². The van der Waals surface area contributed by atoms with Gasteiger partial charge in [-0.3, -0.25) is 0 Å². The largest absolute Gasteiger partial charge is 0.383 e. The van der Waals surface area contributed by atoms with Crippen LogP contribution in [-0.4, -0.2) is 13.9 Å². The van der Waals surface area contributed by atoms with Gasteiger partial charge in [0, 0.05) is 25.5 Å². The first kappa shape index (κ1) is 9.01. The molecule has 0 bridgehead atoms. The Labute approximate surface area is 85.7 Å². The Bertz CT molecular complexity index is 419. The molecule has 0 unspecified atom stereocenters. The predicted molar refractivity (Wildman–Crippen MR) is 57.1 cm³/mol. The fraction of sp³-hybridized carbons (Fsp3) is 0.250. The number of hydrogen-bond donors (Lipinski definition) is 2. The van der Waals surface area contributed by atoms with Gasteiger partial charge in [0.2, 0.25) is 0 Å². The minimum Gasteiger partial charge on any atom is -0.383 e. The van der Waals surface area contributed by atoms with E-state index in [1.54, 1.807) is 6.20 Å². The molecule has 0 aromatic carbocycles. The van der Waals surface area contributed by atoms with Crippen molar-refractivity contribution in [3.8, 4) is 0 Å². The summed E-state index contributed by atoms with van der Waals surface area (Å²) in [5.74, 6) is 1.54. The highest BCUT2D eigenvalue weighted by molar-refractivity contribution is 7.10. The van der Waals surface area contributed by atoms with Crippen molar-refractivity contribution >= 4 is 22.4 Å². The maximum Gasteiger partial charge on any atom is 0.139 e. The Balaban J connectivity index is 1.98. The second-order valence-electron chi connectivity index (χ2n) is 2.92. The van der Waals surface area contributed by atoms with E-state index in [2.05, 4.69) is 14.7 Å². The third-order valence-corrected chi connectivity index (χ3v) is 2.63. The molecule has 6 heteroatoms. The van der Waals surface area contributed by atoms with Gasteiger partial charge in [0.1, 0.15) is 16.6 Å². The third-order valence-electron chi connectivity index (χ3n) is 1.87. The molecule has 2 heterocycles. The average molecular weight is 209 g/mol. The standard InChI is InChI=1S/C8H11N5S/c1-13-3-2-10-7(13)5-11-8-4-6(9)12-14-8/h2-4,11H,5H2,1H3,(H2,9,12). The van der Waals surface area contributed by atoms with E-state index < -0.39 is 0 Å². The van der Waals surface area contributed by atoms with E-state index in [4.69, 9.17) is 5.73 Å². The van der Waals surface area contributed by atoms with Gasteiger partial charge in [-0.15, -0.1) is 0 Å². The molecular formula is C8H11N5S. The Morgan fingerprint density at radius 3 is 3.07 bits per heavy atom. The van der Waals surface area contributed by atoms with Crippen molar-refractivity contribution < 1.29 is 0 Å². The number of nitrogens with two attached hydrogens (primary N) is 1. The zero-order valence-electron chi connectivity index (χ0n) is 7.77. The van der Waals surface area contributed by atoms with Crippen molar-refractivity contribution in [2.75, 3.05) is 11.1 Å². The van der Waals surface area contributed by atoms with Crippen LogP contribution in [0.4, 0.5) is 10.8 Å². The van der Waals surface area contributed by atoms with Crippen LogP contribution in [0, 0.1) is 0 Å². The summed E-state index contributed by atoms with van der Waals surface area (Å²) in [5.41, 5.74) is 5.50. The number of aryl methyl sites for hydroxylation is 1. The minimum absolute atomic E-state index is 0.553. The van der Waals surface area contributed by atoms with Crippen molar-refractivity contribution in [3.63, 3.8) is 0 Å². The summed E-state index contributed by atoms with van der Waals surface area (Å²) in [7, 11) is 1.96. The van der Waals surface area contributed by atoms with Crippen molar-refractivity contribution in [3.05, 3.63) is 24.3 Å². The number of nitrogen functional groups attached to an aromatic ring is 1. The molecule has 0 saturated carbocycles. The Morgan fingerprint density at radius 2 is 2.50 bits per heavy atom. The lowest BCUT2D eigenvalue weighted by molar-refractivity contribution is 0.814. The van der Waals surface area contributed by atoms with Crippen molar-refractivity contribution in [1.82, 2.24) is 13.9 Å². The monoisotopic (exact) mass is 209 g/mol. The zero-order chi connectivity index (χ0) is 9.97. The molecule has 0 aliphatic rings. The number of nitrogens with zero attached hydrogens (tertiary/aromatic N) is 3. The van der Waals surface area contributed by atoms with Gasteiger partial charge in [-0.2, -0.15) is 4.37 Å². The number of aromatic nitrogens is 3. The molecule has 2 aromatic rings. The van der Waals surface area contributed by atoms with E-state index in [0.717, 1.165) is 10.8 Å². The summed E-state index contributed by atoms with van der Waals surface area (Å²) < 4.78 is 5.94. The van der Waals surface area contributed by atoms with E-state index in [0.29, 0.717) is 12.4 Å². The Kier molecular flexibility index (Phi) is 2.36. The highest BCUT2D eigenvalue weighted by atomic mass is 32.1. The fourth-order valence-corrected chi connectivity index (χ4v) is 1.67. The van der Waals surface area contributed by atoms with Crippen LogP contribution in [0.1, 0.15) is 5.82 Å². The molecule has 3 N–H and O–H groups in total. The topological polar surface area (TPSA) is 68.8 Å². The highest BCUT2D eigenvalue weighted by Gasteiger charge is 2.01. The molecule has 0 spiro atoms. The van der Waals surface area contributed by atoms with Gasteiger partial charge in [-0.05, 0) is 11.5 Å². The van der Waals surface area contributed by atoms with Crippen LogP contribution in [0.5, 0.6) is 0 Å². The summed E-state index contributed by atoms with van der Waals surface area (Å²) in [4.78, 5) is 4.19. The Morgan fingerprint density at radius 1 is 1.64 bits per heavy atom. The molecule has 74 valence electrons. The molecule has 2 rings (SSSR count). The lowest BCUT2D eigenvalue weighted by Crippen LogP contribution is -2.04. The van der Waals surface area contributed by atoms with Crippen molar-refractivity contribution in [2.45, 2.75) is 6.54 Å². The van der Waals surface area contributed by atoms with E-state index in [1.807, 2.05) is 23.9 Å². The van der Waals surface area contributed by atoms with E-state index in [-0.39, 0.29) is 0 Å². The fourth-order valence-electron chi connectivity index (χ4n) is 1.11. The first-order chi connectivity index (χ1) is 6.75. The third kappa shape index (κ3) is 1.85. The molecule has 0 atom stereocenters. The maximum absolute atomic E-state index is 5.50. The summed E-state index contributed by atoms with van der Waals surface area (Å²) in [6.45, 7) is 0.686. The molecule has 14 heavy (non-hydrogen) atoms. The Hall–Kier alpha value is -1.56. The van der Waals surface area contributed by atoms with Crippen LogP contribution in [0.2, 0.25) is 0 Å². The van der Waals surface area contributed by atoms with Gasteiger partial charge >= 0.3 is 0 Å². The maximum atomic E-state index is 5.50. The molecule has 0 amide bonds. The van der Waals surface area contributed by atoms with Crippen molar-refractivity contribution in [1.29, 1.82) is 0 Å². The highest BCUT2D eigenvalue weighted by Crippen LogP contribution is 2.17. The lowest BCUT2D eigenvalue weighted by atomic mass is 10.5. The molecule has 0 radical (unpaired) electrons. The lowest BCUT2D eigenvalue weighted by Gasteiger charge is -2.02. The van der Waals surface area contributed by atoms with E-state index >= 15 is 0 Å². The first-order valence-corrected chi connectivity index (χ1v) is 4.95. The smallest absolute Gasteiger partial charge is 0.139 e. The summed E-state index contributed by atoms with van der Waals surface area (Å²) in [5, 5.41) is 4.16. The van der Waals surface area contributed by atoms with Crippen LogP contribution in [0.25, 0.3) is 0 Å². The van der Waals surface area contributed by atoms with Gasteiger partial charge in [-0.25, -0.2) is 4.98 Å². The van der Waals surface area contributed by atoms with Crippen LogP contribution in [0.3, 0.4) is 0 Å². The number of hydrogen-bond acceptors (Lipinski definition) is 5.